The normalized spacial score (nSPS) is 12.5. The molecule has 10 heavy (non-hydrogen) atoms. The Morgan fingerprint density at radius 3 is 2.70 bits per heavy atom. The average molecular weight is 161 g/mol. The van der Waals surface area contributed by atoms with Crippen molar-refractivity contribution < 1.29 is 9.59 Å². The van der Waals surface area contributed by atoms with Crippen LogP contribution in [0.2, 0.25) is 0 Å². The molecule has 0 saturated carbocycles. The lowest BCUT2D eigenvalue weighted by Crippen LogP contribution is -2.26. The molecule has 4 heteroatoms. The van der Waals surface area contributed by atoms with Gasteiger partial charge >= 0.3 is 0 Å². The quantitative estimate of drug-likeness (QED) is 0.585. The van der Waals surface area contributed by atoms with Gasteiger partial charge < -0.3 is 10.5 Å². The van der Waals surface area contributed by atoms with Crippen LogP contribution in [0.15, 0.2) is 0 Å². The summed E-state index contributed by atoms with van der Waals surface area (Å²) < 4.78 is 0. The summed E-state index contributed by atoms with van der Waals surface area (Å²) in [5.41, 5.74) is 4.99. The highest BCUT2D eigenvalue weighted by atomic mass is 32.2. The van der Waals surface area contributed by atoms with Crippen LogP contribution >= 0.6 is 11.8 Å². The van der Waals surface area contributed by atoms with E-state index in [0.29, 0.717) is 0 Å². The van der Waals surface area contributed by atoms with Crippen molar-refractivity contribution in [1.29, 1.82) is 0 Å². The first-order chi connectivity index (χ1) is 4.72. The average Bonchev–Trinajstić information content (AvgIpc) is 1.87. The number of amides is 1. The number of carbonyl (C=O) groups is 2. The maximum absolute atomic E-state index is 10.5. The Morgan fingerprint density at radius 1 is 1.80 bits per heavy atom. The lowest BCUT2D eigenvalue weighted by Gasteiger charge is -2.05. The Morgan fingerprint density at radius 2 is 2.40 bits per heavy atom. The first-order valence-electron chi connectivity index (χ1n) is 3.07. The molecule has 3 nitrogen and oxygen atoms in total. The monoisotopic (exact) mass is 161 g/mol. The van der Waals surface area contributed by atoms with E-state index < -0.39 is 5.91 Å². The lowest BCUT2D eigenvalue weighted by atomic mass is 10.3. The summed E-state index contributed by atoms with van der Waals surface area (Å²) in [5, 5.41) is -0.331. The van der Waals surface area contributed by atoms with Gasteiger partial charge in [-0.2, -0.15) is 0 Å². The molecule has 0 aromatic carbocycles. The molecular formula is C6H11NO2S. The topological polar surface area (TPSA) is 60.2 Å². The molecule has 1 atom stereocenters. The van der Waals surface area contributed by atoms with Crippen molar-refractivity contribution in [3.05, 3.63) is 0 Å². The number of thioether (sulfide) groups is 1. The summed E-state index contributed by atoms with van der Waals surface area (Å²) in [7, 11) is 0. The highest BCUT2D eigenvalue weighted by Crippen LogP contribution is 2.11. The van der Waals surface area contributed by atoms with Crippen LogP contribution in [-0.2, 0) is 9.59 Å². The summed E-state index contributed by atoms with van der Waals surface area (Å²) >= 11 is 1.40. The Kier molecular flexibility index (Phi) is 5.02. The van der Waals surface area contributed by atoms with Crippen molar-refractivity contribution in [2.45, 2.75) is 18.6 Å². The second-order valence-corrected chi connectivity index (χ2v) is 3.23. The first kappa shape index (κ1) is 9.49. The summed E-state index contributed by atoms with van der Waals surface area (Å²) in [6, 6.07) is 0. The van der Waals surface area contributed by atoms with Crippen molar-refractivity contribution in [3.8, 4) is 0 Å². The number of nitrogens with two attached hydrogens (primary N) is 1. The van der Waals surface area contributed by atoms with Crippen LogP contribution in [0.25, 0.3) is 0 Å². The number of carbonyl (C=O) groups excluding carboxylic acids is 2. The fraction of sp³-hybridized carbons (Fsp3) is 0.667. The van der Waals surface area contributed by atoms with Crippen LogP contribution in [0, 0.1) is 0 Å². The molecule has 0 aliphatic rings. The van der Waals surface area contributed by atoms with E-state index in [1.807, 2.05) is 6.92 Å². The largest absolute Gasteiger partial charge is 0.369 e. The molecule has 0 aliphatic carbocycles. The summed E-state index contributed by atoms with van der Waals surface area (Å²) in [6.07, 6.45) is 0.950. The molecule has 0 rings (SSSR count). The van der Waals surface area contributed by atoms with E-state index >= 15 is 0 Å². The van der Waals surface area contributed by atoms with Gasteiger partial charge in [0.25, 0.3) is 0 Å². The van der Waals surface area contributed by atoms with Crippen molar-refractivity contribution in [2.24, 2.45) is 5.73 Å². The van der Waals surface area contributed by atoms with Gasteiger partial charge in [-0.3, -0.25) is 4.79 Å². The van der Waals surface area contributed by atoms with E-state index in [0.717, 1.165) is 12.0 Å². The fourth-order valence-electron chi connectivity index (χ4n) is 0.555. The van der Waals surface area contributed by atoms with Gasteiger partial charge in [-0.25, -0.2) is 0 Å². The van der Waals surface area contributed by atoms with Gasteiger partial charge in [0, 0.05) is 6.42 Å². The Labute approximate surface area is 64.4 Å². The zero-order valence-electron chi connectivity index (χ0n) is 5.87. The van der Waals surface area contributed by atoms with Gasteiger partial charge in [-0.1, -0.05) is 6.92 Å². The minimum atomic E-state index is -0.404. The van der Waals surface area contributed by atoms with Crippen LogP contribution in [0.5, 0.6) is 0 Å². The van der Waals surface area contributed by atoms with Gasteiger partial charge in [0.15, 0.2) is 0 Å². The number of aldehydes is 1. The molecule has 0 bridgehead atoms. The van der Waals surface area contributed by atoms with Crippen molar-refractivity contribution in [3.63, 3.8) is 0 Å². The first-order valence-corrected chi connectivity index (χ1v) is 4.11. The standard InChI is InChI=1S/C6H11NO2S/c1-2-10-5(3-4-8)6(7)9/h4-5H,2-3H2,1H3,(H2,7,9). The van der Waals surface area contributed by atoms with E-state index in [9.17, 15) is 9.59 Å². The smallest absolute Gasteiger partial charge is 0.230 e. The number of primary amides is 1. The van der Waals surface area contributed by atoms with E-state index in [-0.39, 0.29) is 11.7 Å². The Bertz CT molecular complexity index is 127. The van der Waals surface area contributed by atoms with Crippen LogP contribution in [0.4, 0.5) is 0 Å². The minimum absolute atomic E-state index is 0.230. The number of hydrogen-bond acceptors (Lipinski definition) is 3. The van der Waals surface area contributed by atoms with Gasteiger partial charge in [-0.05, 0) is 5.75 Å². The molecule has 0 aliphatic heterocycles. The van der Waals surface area contributed by atoms with Gasteiger partial charge in [0.05, 0.1) is 5.25 Å². The maximum atomic E-state index is 10.5. The fourth-order valence-corrected chi connectivity index (χ4v) is 1.34. The van der Waals surface area contributed by atoms with Gasteiger partial charge in [0.1, 0.15) is 6.29 Å². The third kappa shape index (κ3) is 3.50. The summed E-state index contributed by atoms with van der Waals surface area (Å²) in [5.74, 6) is 0.403. The lowest BCUT2D eigenvalue weighted by molar-refractivity contribution is -0.119. The molecule has 1 unspecified atom stereocenters. The highest BCUT2D eigenvalue weighted by Gasteiger charge is 2.12. The molecule has 58 valence electrons. The molecule has 0 radical (unpaired) electrons. The maximum Gasteiger partial charge on any atom is 0.230 e. The molecule has 0 aromatic heterocycles. The SMILES string of the molecule is CCSC(CC=O)C(N)=O. The zero-order valence-corrected chi connectivity index (χ0v) is 6.69. The number of rotatable bonds is 5. The Hall–Kier alpha value is -0.510. The second kappa shape index (κ2) is 5.29. The minimum Gasteiger partial charge on any atom is -0.369 e. The molecule has 0 heterocycles. The van der Waals surface area contributed by atoms with Crippen LogP contribution in [0.1, 0.15) is 13.3 Å². The van der Waals surface area contributed by atoms with Crippen molar-refractivity contribution >= 4 is 24.0 Å². The highest BCUT2D eigenvalue weighted by molar-refractivity contribution is 8.00. The van der Waals surface area contributed by atoms with Gasteiger partial charge in [-0.15, -0.1) is 11.8 Å². The van der Waals surface area contributed by atoms with E-state index in [2.05, 4.69) is 0 Å². The predicted molar refractivity (Wildman–Crippen MR) is 41.8 cm³/mol. The third-order valence-electron chi connectivity index (χ3n) is 0.995. The van der Waals surface area contributed by atoms with Crippen LogP contribution in [-0.4, -0.2) is 23.2 Å². The van der Waals surface area contributed by atoms with E-state index in [1.165, 1.54) is 11.8 Å². The molecule has 0 fully saturated rings. The summed E-state index contributed by atoms with van der Waals surface area (Å²) in [4.78, 5) is 20.5. The number of hydrogen-bond donors (Lipinski definition) is 1. The molecule has 1 amide bonds. The van der Waals surface area contributed by atoms with E-state index in [4.69, 9.17) is 5.73 Å². The van der Waals surface area contributed by atoms with E-state index in [1.54, 1.807) is 0 Å². The second-order valence-electron chi connectivity index (χ2n) is 1.75. The van der Waals surface area contributed by atoms with Crippen LogP contribution < -0.4 is 5.73 Å². The molecule has 2 N–H and O–H groups in total. The Balaban J connectivity index is 3.71. The molecule has 0 aromatic rings. The van der Waals surface area contributed by atoms with Gasteiger partial charge in [0.2, 0.25) is 5.91 Å². The third-order valence-corrected chi connectivity index (χ3v) is 2.16. The van der Waals surface area contributed by atoms with Crippen molar-refractivity contribution in [2.75, 3.05) is 5.75 Å². The van der Waals surface area contributed by atoms with Crippen molar-refractivity contribution in [1.82, 2.24) is 0 Å². The molecule has 0 saturated heterocycles. The predicted octanol–water partition coefficient (Wildman–Crippen LogP) is 0.182. The zero-order chi connectivity index (χ0) is 7.98. The summed E-state index contributed by atoms with van der Waals surface area (Å²) in [6.45, 7) is 1.92. The molecule has 0 spiro atoms. The van der Waals surface area contributed by atoms with Crippen LogP contribution in [0.3, 0.4) is 0 Å². The molecular weight excluding hydrogens is 150 g/mol.